The van der Waals surface area contributed by atoms with E-state index in [9.17, 15) is 4.39 Å². The molecule has 0 N–H and O–H groups in total. The van der Waals surface area contributed by atoms with Crippen LogP contribution in [0.25, 0.3) is 0 Å². The minimum atomic E-state index is -0.0581. The van der Waals surface area contributed by atoms with E-state index in [-0.39, 0.29) is 17.6 Å². The lowest BCUT2D eigenvalue weighted by atomic mass is 9.68. The van der Waals surface area contributed by atoms with Crippen LogP contribution in [0.2, 0.25) is 0 Å². The van der Waals surface area contributed by atoms with Crippen molar-refractivity contribution in [1.29, 1.82) is 0 Å². The zero-order valence-electron chi connectivity index (χ0n) is 22.9. The molecule has 3 fully saturated rings. The molecule has 0 aliphatic heterocycles. The van der Waals surface area contributed by atoms with E-state index in [4.69, 9.17) is 0 Å². The van der Waals surface area contributed by atoms with Crippen molar-refractivity contribution in [3.63, 3.8) is 0 Å². The average molecular weight is 505 g/mol. The number of hydrogen-bond acceptors (Lipinski definition) is 0. The lowest BCUT2D eigenvalue weighted by molar-refractivity contribution is 0.171. The summed E-state index contributed by atoms with van der Waals surface area (Å²) >= 11 is 0. The molecule has 2 aromatic rings. The van der Waals surface area contributed by atoms with Crippen LogP contribution in [0.3, 0.4) is 0 Å². The maximum absolute atomic E-state index is 15.4. The highest BCUT2D eigenvalue weighted by Crippen LogP contribution is 2.45. The summed E-state index contributed by atoms with van der Waals surface area (Å²) in [4.78, 5) is 0. The molecule has 3 aliphatic rings. The van der Waals surface area contributed by atoms with Crippen molar-refractivity contribution in [3.05, 3.63) is 82.9 Å². The van der Waals surface area contributed by atoms with E-state index in [0.29, 0.717) is 11.8 Å². The molecule has 3 aliphatic carbocycles. The van der Waals surface area contributed by atoms with E-state index < -0.39 is 0 Å². The van der Waals surface area contributed by atoms with Crippen molar-refractivity contribution in [2.24, 2.45) is 17.8 Å². The fourth-order valence-corrected chi connectivity index (χ4v) is 7.93. The Hall–Kier alpha value is -1.96. The Kier molecular flexibility index (Phi) is 8.83. The lowest BCUT2D eigenvalue weighted by Gasteiger charge is -2.37. The van der Waals surface area contributed by atoms with Gasteiger partial charge in [-0.05, 0) is 153 Å². The maximum atomic E-state index is 15.4. The van der Waals surface area contributed by atoms with Gasteiger partial charge in [-0.15, -0.1) is 6.58 Å². The molecule has 0 radical (unpaired) electrons. The van der Waals surface area contributed by atoms with Gasteiger partial charge in [-0.25, -0.2) is 8.78 Å². The highest BCUT2D eigenvalue weighted by atomic mass is 19.1. The van der Waals surface area contributed by atoms with Crippen LogP contribution in [0.4, 0.5) is 8.78 Å². The SMILES string of the molecule is C=CC1CCC(C2CCC(c3ccc(C4CCC(c5ccc(CCC)c(F)c5)CC4)c(F)c3)CC2)CC1. The fraction of sp³-hybridized carbons (Fsp3) is 0.600. The Balaban J connectivity index is 1.14. The summed E-state index contributed by atoms with van der Waals surface area (Å²) in [7, 11) is 0. The Bertz CT molecular complexity index is 1030. The predicted molar refractivity (Wildman–Crippen MR) is 151 cm³/mol. The number of halogens is 2. The highest BCUT2D eigenvalue weighted by molar-refractivity contribution is 5.32. The van der Waals surface area contributed by atoms with Crippen molar-refractivity contribution in [2.45, 2.75) is 115 Å². The van der Waals surface area contributed by atoms with Crippen molar-refractivity contribution in [1.82, 2.24) is 0 Å². The zero-order chi connectivity index (χ0) is 25.8. The average Bonchev–Trinajstić information content (AvgIpc) is 2.94. The summed E-state index contributed by atoms with van der Waals surface area (Å²) in [5.41, 5.74) is 4.06. The second-order valence-electron chi connectivity index (χ2n) is 12.5. The van der Waals surface area contributed by atoms with Crippen molar-refractivity contribution >= 4 is 0 Å². The lowest BCUT2D eigenvalue weighted by Crippen LogP contribution is -2.25. The summed E-state index contributed by atoms with van der Waals surface area (Å²) < 4.78 is 29.8. The van der Waals surface area contributed by atoms with Crippen LogP contribution in [-0.2, 0) is 6.42 Å². The molecule has 0 heterocycles. The van der Waals surface area contributed by atoms with E-state index >= 15 is 4.39 Å². The molecule has 5 rings (SSSR count). The quantitative estimate of drug-likeness (QED) is 0.329. The first-order valence-corrected chi connectivity index (χ1v) is 15.3. The Morgan fingerprint density at radius 2 is 1.19 bits per heavy atom. The second kappa shape index (κ2) is 12.3. The monoisotopic (exact) mass is 504 g/mol. The molecule has 0 nitrogen and oxygen atoms in total. The smallest absolute Gasteiger partial charge is 0.126 e. The van der Waals surface area contributed by atoms with Crippen LogP contribution in [0.5, 0.6) is 0 Å². The Morgan fingerprint density at radius 1 is 0.676 bits per heavy atom. The summed E-state index contributed by atoms with van der Waals surface area (Å²) in [5.74, 6) is 3.66. The zero-order valence-corrected chi connectivity index (χ0v) is 22.9. The number of hydrogen-bond donors (Lipinski definition) is 0. The second-order valence-corrected chi connectivity index (χ2v) is 12.5. The maximum Gasteiger partial charge on any atom is 0.126 e. The molecular weight excluding hydrogens is 458 g/mol. The highest BCUT2D eigenvalue weighted by Gasteiger charge is 2.31. The standard InChI is InChI=1S/C35H46F2/c1-3-5-30-18-19-31(22-34(30)36)28-14-16-29(17-15-28)33-21-20-32(23-35(33)37)27-12-10-26(11-13-27)25-8-6-24(4-2)7-9-25/h4,18-29H,2-3,5-17H2,1H3. The first-order valence-electron chi connectivity index (χ1n) is 15.3. The normalized spacial score (nSPS) is 30.7. The third kappa shape index (κ3) is 6.21. The van der Waals surface area contributed by atoms with Gasteiger partial charge in [0.2, 0.25) is 0 Å². The third-order valence-corrected chi connectivity index (χ3v) is 10.3. The molecule has 0 aromatic heterocycles. The molecule has 37 heavy (non-hydrogen) atoms. The van der Waals surface area contributed by atoms with Crippen LogP contribution >= 0.6 is 0 Å². The predicted octanol–water partition coefficient (Wildman–Crippen LogP) is 10.6. The van der Waals surface area contributed by atoms with Gasteiger partial charge in [0.15, 0.2) is 0 Å². The molecule has 2 aromatic carbocycles. The topological polar surface area (TPSA) is 0 Å². The molecule has 200 valence electrons. The van der Waals surface area contributed by atoms with Crippen molar-refractivity contribution < 1.29 is 8.78 Å². The Labute approximate surface area is 224 Å². The molecule has 2 heteroatoms. The molecule has 0 saturated heterocycles. The van der Waals surface area contributed by atoms with Gasteiger partial charge in [0, 0.05) is 0 Å². The van der Waals surface area contributed by atoms with Gasteiger partial charge in [-0.3, -0.25) is 0 Å². The van der Waals surface area contributed by atoms with Gasteiger partial charge >= 0.3 is 0 Å². The minimum absolute atomic E-state index is 0.000726. The fourth-order valence-electron chi connectivity index (χ4n) is 7.93. The van der Waals surface area contributed by atoms with E-state index in [1.165, 1.54) is 56.9 Å². The van der Waals surface area contributed by atoms with E-state index in [0.717, 1.165) is 73.0 Å². The molecule has 3 saturated carbocycles. The van der Waals surface area contributed by atoms with E-state index in [2.05, 4.69) is 37.8 Å². The minimum Gasteiger partial charge on any atom is -0.207 e. The van der Waals surface area contributed by atoms with Crippen LogP contribution in [0, 0.1) is 29.4 Å². The van der Waals surface area contributed by atoms with Crippen LogP contribution in [0.15, 0.2) is 49.1 Å². The van der Waals surface area contributed by atoms with Crippen molar-refractivity contribution in [3.8, 4) is 0 Å². The number of allylic oxidation sites excluding steroid dienone is 1. The molecule has 0 amide bonds. The van der Waals surface area contributed by atoms with Crippen LogP contribution < -0.4 is 0 Å². The molecule has 0 atom stereocenters. The molecule has 0 spiro atoms. The van der Waals surface area contributed by atoms with Gasteiger partial charge in [0.1, 0.15) is 11.6 Å². The van der Waals surface area contributed by atoms with Gasteiger partial charge in [0.05, 0.1) is 0 Å². The van der Waals surface area contributed by atoms with E-state index in [1.54, 1.807) is 6.07 Å². The van der Waals surface area contributed by atoms with Gasteiger partial charge in [0.25, 0.3) is 0 Å². The summed E-state index contributed by atoms with van der Waals surface area (Å²) in [5, 5.41) is 0. The molecular formula is C35H46F2. The summed E-state index contributed by atoms with van der Waals surface area (Å²) in [6, 6.07) is 12.0. The van der Waals surface area contributed by atoms with Gasteiger partial charge in [-0.1, -0.05) is 43.7 Å². The first-order chi connectivity index (χ1) is 18.1. The molecule has 0 bridgehead atoms. The number of rotatable bonds is 7. The van der Waals surface area contributed by atoms with E-state index in [1.807, 2.05) is 12.1 Å². The first kappa shape index (κ1) is 26.6. The van der Waals surface area contributed by atoms with Gasteiger partial charge in [-0.2, -0.15) is 0 Å². The largest absolute Gasteiger partial charge is 0.207 e. The van der Waals surface area contributed by atoms with Crippen LogP contribution in [0.1, 0.15) is 130 Å². The molecule has 0 unspecified atom stereocenters. The number of aryl methyl sites for hydroxylation is 1. The Morgan fingerprint density at radius 3 is 1.73 bits per heavy atom. The van der Waals surface area contributed by atoms with Crippen molar-refractivity contribution in [2.75, 3.05) is 0 Å². The van der Waals surface area contributed by atoms with Crippen LogP contribution in [-0.4, -0.2) is 0 Å². The van der Waals surface area contributed by atoms with Gasteiger partial charge < -0.3 is 0 Å². The summed E-state index contributed by atoms with van der Waals surface area (Å²) in [6.45, 7) is 6.08. The third-order valence-electron chi connectivity index (χ3n) is 10.3. The summed E-state index contributed by atoms with van der Waals surface area (Å²) in [6.07, 6.45) is 18.3. The number of benzene rings is 2.